The summed E-state index contributed by atoms with van der Waals surface area (Å²) in [6.45, 7) is 0.526. The molecule has 3 N–H and O–H groups in total. The first-order valence-electron chi connectivity index (χ1n) is 9.75. The van der Waals surface area contributed by atoms with E-state index in [4.69, 9.17) is 19.4 Å². The first-order valence-corrected chi connectivity index (χ1v) is 11.2. The minimum absolute atomic E-state index is 0.0296. The molecular weight excluding hydrogens is 426 g/mol. The number of carbonyl (C=O) groups is 1. The van der Waals surface area contributed by atoms with Gasteiger partial charge in [-0.3, -0.25) is 15.0 Å². The maximum absolute atomic E-state index is 12.9. The van der Waals surface area contributed by atoms with E-state index in [-0.39, 0.29) is 24.5 Å². The molecule has 2 aliphatic rings. The van der Waals surface area contributed by atoms with Crippen LogP contribution in [-0.4, -0.2) is 55.7 Å². The smallest absolute Gasteiger partial charge is 0.264 e. The second kappa shape index (κ2) is 8.89. The van der Waals surface area contributed by atoms with Crippen LogP contribution >= 0.6 is 0 Å². The lowest BCUT2D eigenvalue weighted by atomic mass is 9.98. The molecule has 0 spiro atoms. The predicted molar refractivity (Wildman–Crippen MR) is 107 cm³/mol. The summed E-state index contributed by atoms with van der Waals surface area (Å²) in [6.07, 6.45) is 3.38. The fourth-order valence-electron chi connectivity index (χ4n) is 3.87. The van der Waals surface area contributed by atoms with Crippen LogP contribution < -0.4 is 14.9 Å². The molecule has 2 fully saturated rings. The van der Waals surface area contributed by atoms with Crippen molar-refractivity contribution in [2.75, 3.05) is 13.4 Å². The minimum Gasteiger partial charge on any atom is -0.493 e. The van der Waals surface area contributed by atoms with Gasteiger partial charge in [0.2, 0.25) is 10.0 Å². The van der Waals surface area contributed by atoms with Gasteiger partial charge in [0.05, 0.1) is 23.7 Å². The number of hydroxylamine groups is 1. The molecule has 4 rings (SSSR count). The Hall–Kier alpha value is -2.57. The van der Waals surface area contributed by atoms with Crippen LogP contribution in [0.4, 0.5) is 0 Å². The Labute approximate surface area is 179 Å². The number of aromatic nitrogens is 1. The number of carbonyl (C=O) groups excluding carboxylic acids is 1. The monoisotopic (exact) mass is 449 g/mol. The van der Waals surface area contributed by atoms with Crippen molar-refractivity contribution in [1.82, 2.24) is 15.2 Å². The highest BCUT2D eigenvalue weighted by molar-refractivity contribution is 7.89. The Balaban J connectivity index is 1.42. The fourth-order valence-corrected chi connectivity index (χ4v) is 5.26. The van der Waals surface area contributed by atoms with Crippen molar-refractivity contribution in [3.05, 3.63) is 54.4 Å². The van der Waals surface area contributed by atoms with Crippen molar-refractivity contribution in [2.45, 2.75) is 41.9 Å². The zero-order valence-corrected chi connectivity index (χ0v) is 17.4. The van der Waals surface area contributed by atoms with Gasteiger partial charge in [-0.25, -0.2) is 13.9 Å². The topological polar surface area (TPSA) is 136 Å². The van der Waals surface area contributed by atoms with Crippen LogP contribution in [-0.2, 0) is 30.7 Å². The van der Waals surface area contributed by atoms with E-state index >= 15 is 0 Å². The Morgan fingerprint density at radius 2 is 1.77 bits per heavy atom. The highest BCUT2D eigenvalue weighted by atomic mass is 32.2. The third-order valence-corrected chi connectivity index (χ3v) is 7.04. The lowest BCUT2D eigenvalue weighted by Gasteiger charge is -2.28. The third kappa shape index (κ3) is 4.70. The molecule has 166 valence electrons. The Morgan fingerprint density at radius 3 is 2.39 bits per heavy atom. The first-order chi connectivity index (χ1) is 14.9. The normalized spacial score (nSPS) is 25.2. The molecule has 1 amide bonds. The number of nitrogens with zero attached hydrogens (tertiary/aromatic N) is 1. The van der Waals surface area contributed by atoms with Crippen molar-refractivity contribution < 1.29 is 32.6 Å². The van der Waals surface area contributed by atoms with Crippen molar-refractivity contribution in [3.63, 3.8) is 0 Å². The quantitative estimate of drug-likeness (QED) is 0.397. The van der Waals surface area contributed by atoms with Crippen LogP contribution in [0, 0.1) is 0 Å². The van der Waals surface area contributed by atoms with Crippen LogP contribution in [0.25, 0.3) is 0 Å². The van der Waals surface area contributed by atoms with E-state index in [0.29, 0.717) is 18.8 Å². The number of benzene rings is 1. The lowest BCUT2D eigenvalue weighted by molar-refractivity contribution is -0.136. The van der Waals surface area contributed by atoms with Crippen molar-refractivity contribution >= 4 is 15.9 Å². The van der Waals surface area contributed by atoms with E-state index in [0.717, 1.165) is 5.56 Å². The molecule has 1 aromatic carbocycles. The Bertz CT molecular complexity index is 1000. The second-order valence-corrected chi connectivity index (χ2v) is 9.17. The van der Waals surface area contributed by atoms with Gasteiger partial charge >= 0.3 is 0 Å². The summed E-state index contributed by atoms with van der Waals surface area (Å²) >= 11 is 0. The van der Waals surface area contributed by atoms with Gasteiger partial charge in [-0.15, -0.1) is 0 Å². The number of amides is 1. The number of ether oxygens (including phenoxy) is 3. The average Bonchev–Trinajstić information content (AvgIpc) is 3.34. The second-order valence-electron chi connectivity index (χ2n) is 7.49. The molecule has 0 radical (unpaired) electrons. The largest absolute Gasteiger partial charge is 0.493 e. The molecule has 2 aromatic rings. The van der Waals surface area contributed by atoms with E-state index < -0.39 is 33.7 Å². The van der Waals surface area contributed by atoms with Crippen LogP contribution in [0.1, 0.15) is 18.4 Å². The van der Waals surface area contributed by atoms with E-state index in [9.17, 15) is 13.2 Å². The average molecular weight is 449 g/mol. The zero-order valence-electron chi connectivity index (χ0n) is 16.6. The number of sulfonamides is 1. The van der Waals surface area contributed by atoms with Gasteiger partial charge in [0, 0.05) is 31.7 Å². The lowest BCUT2D eigenvalue weighted by Crippen LogP contribution is -2.57. The number of hydrogen-bond acceptors (Lipinski definition) is 8. The van der Waals surface area contributed by atoms with Crippen molar-refractivity contribution in [2.24, 2.45) is 0 Å². The maximum Gasteiger partial charge on any atom is 0.264 e. The maximum atomic E-state index is 12.9. The van der Waals surface area contributed by atoms with Gasteiger partial charge in [-0.1, -0.05) is 0 Å². The summed E-state index contributed by atoms with van der Waals surface area (Å²) in [5.41, 5.74) is 1.07. The van der Waals surface area contributed by atoms with Gasteiger partial charge in [-0.2, -0.15) is 4.72 Å². The summed E-state index contributed by atoms with van der Waals surface area (Å²) in [5.74, 6) is -0.332. The highest BCUT2D eigenvalue weighted by Gasteiger charge is 2.55. The molecule has 0 bridgehead atoms. The molecule has 2 atom stereocenters. The molecule has 1 aliphatic heterocycles. The van der Waals surface area contributed by atoms with Crippen LogP contribution in [0.15, 0.2) is 53.7 Å². The molecule has 11 heteroatoms. The van der Waals surface area contributed by atoms with E-state index in [2.05, 4.69) is 9.71 Å². The van der Waals surface area contributed by atoms with Gasteiger partial charge in [0.15, 0.2) is 0 Å². The summed E-state index contributed by atoms with van der Waals surface area (Å²) < 4.78 is 44.8. The number of nitrogens with one attached hydrogen (secondary N) is 2. The molecule has 31 heavy (non-hydrogen) atoms. The molecule has 1 aliphatic carbocycles. The number of pyridine rings is 1. The molecule has 10 nitrogen and oxygen atoms in total. The van der Waals surface area contributed by atoms with Crippen LogP contribution in [0.3, 0.4) is 0 Å². The molecule has 1 saturated heterocycles. The summed E-state index contributed by atoms with van der Waals surface area (Å²) in [6, 6.07) is 9.70. The standard InChI is InChI=1S/C20H23N3O7S/c24-19(22-25)20(11-17-18(12-20)30-13-29-17)23-31(26,27)16-3-1-15(2-4-16)28-10-7-14-5-8-21-9-6-14/h1-6,8-9,17-18,23,25H,7,10-13H2,(H,22,24). The van der Waals surface area contributed by atoms with Crippen LogP contribution in [0.2, 0.25) is 0 Å². The zero-order chi connectivity index (χ0) is 21.9. The van der Waals surface area contributed by atoms with E-state index in [1.54, 1.807) is 30.0 Å². The van der Waals surface area contributed by atoms with Crippen LogP contribution in [0.5, 0.6) is 5.75 Å². The molecule has 2 heterocycles. The van der Waals surface area contributed by atoms with Gasteiger partial charge < -0.3 is 14.2 Å². The summed E-state index contributed by atoms with van der Waals surface area (Å²) in [5, 5.41) is 9.16. The number of fused-ring (bicyclic) bond motifs is 1. The molecular formula is C20H23N3O7S. The fraction of sp³-hybridized carbons (Fsp3) is 0.400. The van der Waals surface area contributed by atoms with Crippen molar-refractivity contribution in [1.29, 1.82) is 0 Å². The van der Waals surface area contributed by atoms with Gasteiger partial charge in [-0.05, 0) is 42.0 Å². The molecule has 1 aromatic heterocycles. The highest BCUT2D eigenvalue weighted by Crippen LogP contribution is 2.38. The SMILES string of the molecule is O=C(NO)C1(NS(=O)(=O)c2ccc(OCCc3ccncc3)cc2)CC2OCOC2C1. The number of hydrogen-bond donors (Lipinski definition) is 3. The van der Waals surface area contributed by atoms with Crippen molar-refractivity contribution in [3.8, 4) is 5.75 Å². The number of rotatable bonds is 8. The predicted octanol–water partition coefficient (Wildman–Crippen LogP) is 0.761. The molecule has 1 saturated carbocycles. The molecule has 2 unspecified atom stereocenters. The summed E-state index contributed by atoms with van der Waals surface area (Å²) in [7, 11) is -4.06. The first kappa shape index (κ1) is 21.7. The summed E-state index contributed by atoms with van der Waals surface area (Å²) in [4.78, 5) is 16.3. The van der Waals surface area contributed by atoms with Gasteiger partial charge in [0.1, 0.15) is 18.1 Å². The minimum atomic E-state index is -4.06. The Morgan fingerprint density at radius 1 is 1.13 bits per heavy atom. The van der Waals surface area contributed by atoms with Gasteiger partial charge in [0.25, 0.3) is 5.91 Å². The third-order valence-electron chi connectivity index (χ3n) is 5.49. The Kier molecular flexibility index (Phi) is 6.21. The van der Waals surface area contributed by atoms with E-state index in [1.807, 2.05) is 12.1 Å². The van der Waals surface area contributed by atoms with E-state index in [1.165, 1.54) is 12.1 Å².